The van der Waals surface area contributed by atoms with Crippen LogP contribution in [0, 0.1) is 0 Å². The molecule has 0 spiro atoms. The SMILES string of the molecule is CCOc1ccc2nc(NC(=O)CS(=O)(=O)c3ccc(OC)cc3)sc2c1. The number of methoxy groups -OCH3 is 1. The number of anilines is 1. The monoisotopic (exact) mass is 406 g/mol. The highest BCUT2D eigenvalue weighted by molar-refractivity contribution is 7.92. The van der Waals surface area contributed by atoms with Crippen LogP contribution < -0.4 is 14.8 Å². The average molecular weight is 406 g/mol. The molecule has 1 aromatic heterocycles. The molecule has 0 radical (unpaired) electrons. The molecule has 0 unspecified atom stereocenters. The lowest BCUT2D eigenvalue weighted by Crippen LogP contribution is -2.22. The van der Waals surface area contributed by atoms with Crippen molar-refractivity contribution >= 4 is 42.4 Å². The van der Waals surface area contributed by atoms with Crippen LogP contribution in [-0.4, -0.2) is 38.8 Å². The molecule has 0 saturated carbocycles. The Morgan fingerprint density at radius 2 is 1.85 bits per heavy atom. The molecule has 1 heterocycles. The van der Waals surface area contributed by atoms with Gasteiger partial charge < -0.3 is 14.8 Å². The number of benzene rings is 2. The number of fused-ring (bicyclic) bond motifs is 1. The zero-order valence-electron chi connectivity index (χ0n) is 14.8. The Balaban J connectivity index is 1.71. The van der Waals surface area contributed by atoms with E-state index in [2.05, 4.69) is 10.3 Å². The van der Waals surface area contributed by atoms with Crippen LogP contribution in [0.1, 0.15) is 6.92 Å². The molecule has 0 saturated heterocycles. The lowest BCUT2D eigenvalue weighted by Gasteiger charge is -2.05. The van der Waals surface area contributed by atoms with Gasteiger partial charge in [0.1, 0.15) is 17.3 Å². The molecule has 3 rings (SSSR count). The highest BCUT2D eigenvalue weighted by atomic mass is 32.2. The van der Waals surface area contributed by atoms with Crippen LogP contribution >= 0.6 is 11.3 Å². The number of ether oxygens (including phenoxy) is 2. The molecule has 3 aromatic rings. The van der Waals surface area contributed by atoms with E-state index < -0.39 is 21.5 Å². The smallest absolute Gasteiger partial charge is 0.241 e. The molecule has 1 N–H and O–H groups in total. The summed E-state index contributed by atoms with van der Waals surface area (Å²) in [6.45, 7) is 2.45. The van der Waals surface area contributed by atoms with Gasteiger partial charge in [-0.2, -0.15) is 0 Å². The Morgan fingerprint density at radius 1 is 1.15 bits per heavy atom. The largest absolute Gasteiger partial charge is 0.497 e. The number of thiazole rings is 1. The second kappa shape index (κ2) is 7.93. The summed E-state index contributed by atoms with van der Waals surface area (Å²) in [6, 6.07) is 11.3. The zero-order chi connectivity index (χ0) is 19.4. The van der Waals surface area contributed by atoms with Gasteiger partial charge in [0.2, 0.25) is 5.91 Å². The standard InChI is InChI=1S/C18H18N2O5S2/c1-3-25-13-6-9-15-16(10-13)26-18(19-15)20-17(21)11-27(22,23)14-7-4-12(24-2)5-8-14/h4-10H,3,11H2,1-2H3,(H,19,20,21). The van der Waals surface area contributed by atoms with E-state index in [0.717, 1.165) is 4.70 Å². The number of nitrogens with one attached hydrogen (secondary N) is 1. The van der Waals surface area contributed by atoms with Crippen molar-refractivity contribution in [2.75, 3.05) is 24.8 Å². The highest BCUT2D eigenvalue weighted by Gasteiger charge is 2.20. The van der Waals surface area contributed by atoms with Crippen molar-refractivity contribution in [3.8, 4) is 11.5 Å². The highest BCUT2D eigenvalue weighted by Crippen LogP contribution is 2.29. The van der Waals surface area contributed by atoms with Crippen molar-refractivity contribution in [3.63, 3.8) is 0 Å². The Kier molecular flexibility index (Phi) is 5.62. The first kappa shape index (κ1) is 19.1. The first-order valence-corrected chi connectivity index (χ1v) is 10.6. The summed E-state index contributed by atoms with van der Waals surface area (Å²) in [5.74, 6) is -0.0535. The van der Waals surface area contributed by atoms with Crippen LogP contribution in [-0.2, 0) is 14.6 Å². The van der Waals surface area contributed by atoms with Crippen LogP contribution in [0.5, 0.6) is 11.5 Å². The maximum atomic E-state index is 12.4. The molecule has 27 heavy (non-hydrogen) atoms. The molecule has 0 aliphatic heterocycles. The number of aromatic nitrogens is 1. The van der Waals surface area contributed by atoms with Crippen molar-refractivity contribution < 1.29 is 22.7 Å². The normalized spacial score (nSPS) is 11.3. The molecular weight excluding hydrogens is 388 g/mol. The topological polar surface area (TPSA) is 94.6 Å². The van der Waals surface area contributed by atoms with Gasteiger partial charge in [-0.05, 0) is 49.4 Å². The first-order valence-electron chi connectivity index (χ1n) is 8.11. The summed E-state index contributed by atoms with van der Waals surface area (Å²) in [7, 11) is -2.27. The summed E-state index contributed by atoms with van der Waals surface area (Å²) < 4.78 is 36.1. The molecular formula is C18H18N2O5S2. The first-order chi connectivity index (χ1) is 12.9. The lowest BCUT2D eigenvalue weighted by atomic mass is 10.3. The second-order valence-corrected chi connectivity index (χ2v) is 8.58. The van der Waals surface area contributed by atoms with Gasteiger partial charge in [-0.3, -0.25) is 4.79 Å². The minimum absolute atomic E-state index is 0.0594. The maximum absolute atomic E-state index is 12.4. The number of hydrogen-bond donors (Lipinski definition) is 1. The fourth-order valence-corrected chi connectivity index (χ4v) is 4.45. The fourth-order valence-electron chi connectivity index (χ4n) is 2.41. The summed E-state index contributed by atoms with van der Waals surface area (Å²) in [5, 5.41) is 2.90. The van der Waals surface area contributed by atoms with E-state index >= 15 is 0 Å². The van der Waals surface area contributed by atoms with Gasteiger partial charge in [0.15, 0.2) is 15.0 Å². The Hall–Kier alpha value is -2.65. The van der Waals surface area contributed by atoms with Crippen molar-refractivity contribution in [1.82, 2.24) is 4.98 Å². The third-order valence-corrected chi connectivity index (χ3v) is 6.22. The quantitative estimate of drug-likeness (QED) is 0.648. The van der Waals surface area contributed by atoms with Crippen LogP contribution in [0.25, 0.3) is 10.2 Å². The van der Waals surface area contributed by atoms with Gasteiger partial charge in [-0.25, -0.2) is 13.4 Å². The van der Waals surface area contributed by atoms with E-state index in [-0.39, 0.29) is 4.90 Å². The summed E-state index contributed by atoms with van der Waals surface area (Å²) in [6.07, 6.45) is 0. The second-order valence-electron chi connectivity index (χ2n) is 5.56. The van der Waals surface area contributed by atoms with Crippen molar-refractivity contribution in [1.29, 1.82) is 0 Å². The summed E-state index contributed by atoms with van der Waals surface area (Å²) in [4.78, 5) is 16.6. The van der Waals surface area contributed by atoms with Crippen molar-refractivity contribution in [3.05, 3.63) is 42.5 Å². The minimum atomic E-state index is -3.76. The number of nitrogens with zero attached hydrogens (tertiary/aromatic N) is 1. The van der Waals surface area contributed by atoms with Crippen LogP contribution in [0.15, 0.2) is 47.4 Å². The van der Waals surface area contributed by atoms with E-state index in [0.29, 0.717) is 28.8 Å². The Morgan fingerprint density at radius 3 is 2.52 bits per heavy atom. The van der Waals surface area contributed by atoms with E-state index in [1.165, 1.54) is 42.7 Å². The molecule has 0 aliphatic rings. The fraction of sp³-hybridized carbons (Fsp3) is 0.222. The summed E-state index contributed by atoms with van der Waals surface area (Å²) >= 11 is 1.26. The van der Waals surface area contributed by atoms with Crippen LogP contribution in [0.2, 0.25) is 0 Å². The van der Waals surface area contributed by atoms with E-state index in [9.17, 15) is 13.2 Å². The van der Waals surface area contributed by atoms with Crippen molar-refractivity contribution in [2.45, 2.75) is 11.8 Å². The van der Waals surface area contributed by atoms with Gasteiger partial charge in [0.25, 0.3) is 0 Å². The molecule has 0 bridgehead atoms. The molecule has 7 nitrogen and oxygen atoms in total. The minimum Gasteiger partial charge on any atom is -0.497 e. The molecule has 0 fully saturated rings. The average Bonchev–Trinajstić information content (AvgIpc) is 3.02. The van der Waals surface area contributed by atoms with E-state index in [1.807, 2.05) is 13.0 Å². The van der Waals surface area contributed by atoms with E-state index in [1.54, 1.807) is 12.1 Å². The lowest BCUT2D eigenvalue weighted by molar-refractivity contribution is -0.113. The molecule has 142 valence electrons. The number of carbonyl (C=O) groups is 1. The molecule has 2 aromatic carbocycles. The van der Waals surface area contributed by atoms with Crippen LogP contribution in [0.3, 0.4) is 0 Å². The maximum Gasteiger partial charge on any atom is 0.241 e. The van der Waals surface area contributed by atoms with Gasteiger partial charge >= 0.3 is 0 Å². The van der Waals surface area contributed by atoms with Gasteiger partial charge in [-0.15, -0.1) is 0 Å². The number of sulfone groups is 1. The molecule has 0 aliphatic carbocycles. The van der Waals surface area contributed by atoms with Gasteiger partial charge in [0, 0.05) is 0 Å². The van der Waals surface area contributed by atoms with Gasteiger partial charge in [-0.1, -0.05) is 11.3 Å². The Bertz CT molecular complexity index is 1060. The van der Waals surface area contributed by atoms with E-state index in [4.69, 9.17) is 9.47 Å². The summed E-state index contributed by atoms with van der Waals surface area (Å²) in [5.41, 5.74) is 0.705. The van der Waals surface area contributed by atoms with Gasteiger partial charge in [0.05, 0.1) is 28.8 Å². The molecule has 9 heteroatoms. The Labute approximate surface area is 160 Å². The van der Waals surface area contributed by atoms with Crippen LogP contribution in [0.4, 0.5) is 5.13 Å². The predicted molar refractivity (Wildman–Crippen MR) is 104 cm³/mol. The number of hydrogen-bond acceptors (Lipinski definition) is 7. The molecule has 0 atom stereocenters. The zero-order valence-corrected chi connectivity index (χ0v) is 16.4. The third-order valence-electron chi connectivity index (χ3n) is 3.66. The molecule has 1 amide bonds. The predicted octanol–water partition coefficient (Wildman–Crippen LogP) is 3.12. The van der Waals surface area contributed by atoms with Crippen molar-refractivity contribution in [2.24, 2.45) is 0 Å². The number of amides is 1. The number of rotatable bonds is 7. The third kappa shape index (κ3) is 4.55. The number of carbonyl (C=O) groups excluding carboxylic acids is 1.